The molecule has 3 rings (SSSR count). The third-order valence-corrected chi connectivity index (χ3v) is 4.68. The Labute approximate surface area is 159 Å². The fraction of sp³-hybridized carbons (Fsp3) is 0.500. The largest absolute Gasteiger partial charge is 0.338 e. The number of benzene rings is 1. The summed E-state index contributed by atoms with van der Waals surface area (Å²) in [5, 5.41) is 3.92. The summed E-state index contributed by atoms with van der Waals surface area (Å²) in [5.74, 6) is 0.852. The predicted octanol–water partition coefficient (Wildman–Crippen LogP) is 2.38. The lowest BCUT2D eigenvalue weighted by atomic mass is 9.93. The van der Waals surface area contributed by atoms with E-state index in [0.29, 0.717) is 31.3 Å². The molecule has 7 nitrogen and oxygen atoms in total. The van der Waals surface area contributed by atoms with E-state index >= 15 is 0 Å². The molecule has 2 aromatic rings. The van der Waals surface area contributed by atoms with E-state index < -0.39 is 5.41 Å². The van der Waals surface area contributed by atoms with E-state index in [1.54, 1.807) is 4.90 Å². The van der Waals surface area contributed by atoms with Crippen LogP contribution in [-0.4, -0.2) is 57.4 Å². The average Bonchev–Trinajstić information content (AvgIpc) is 3.09. The molecule has 0 saturated carbocycles. The Morgan fingerprint density at radius 1 is 1.19 bits per heavy atom. The maximum Gasteiger partial charge on any atom is 0.257 e. The van der Waals surface area contributed by atoms with Crippen LogP contribution in [0, 0.1) is 5.41 Å². The first-order valence-electron chi connectivity index (χ1n) is 9.22. The van der Waals surface area contributed by atoms with Crippen LogP contribution in [0.15, 0.2) is 34.9 Å². The molecule has 1 atom stereocenters. The number of carbonyl (C=O) groups is 2. The Morgan fingerprint density at radius 3 is 2.52 bits per heavy atom. The van der Waals surface area contributed by atoms with E-state index in [9.17, 15) is 9.59 Å². The molecule has 2 heterocycles. The van der Waals surface area contributed by atoms with Crippen molar-refractivity contribution in [3.63, 3.8) is 0 Å². The maximum absolute atomic E-state index is 12.6. The van der Waals surface area contributed by atoms with E-state index in [1.165, 1.54) is 0 Å². The summed E-state index contributed by atoms with van der Waals surface area (Å²) in [6.07, 6.45) is 0.0935. The van der Waals surface area contributed by atoms with Gasteiger partial charge in [0, 0.05) is 36.7 Å². The molecule has 2 amide bonds. The topological polar surface area (TPSA) is 79.5 Å². The molecule has 1 saturated heterocycles. The molecule has 1 aliphatic heterocycles. The van der Waals surface area contributed by atoms with Gasteiger partial charge in [0.05, 0.1) is 6.42 Å². The average molecular weight is 370 g/mol. The number of amides is 2. The molecule has 1 aromatic carbocycles. The zero-order valence-corrected chi connectivity index (χ0v) is 16.3. The monoisotopic (exact) mass is 370 g/mol. The second-order valence-corrected chi connectivity index (χ2v) is 8.00. The molecule has 1 fully saturated rings. The highest BCUT2D eigenvalue weighted by molar-refractivity contribution is 5.83. The summed E-state index contributed by atoms with van der Waals surface area (Å²) in [6.45, 7) is 9.31. The Kier molecular flexibility index (Phi) is 5.30. The standard InChI is InChI=1S/C20H26N4O3/c1-14-13-23(10-11-24(14)19(26)20(2,3)4)17(25)12-16-21-18(27-22-16)15-8-6-5-7-9-15/h5-9,14H,10-13H2,1-4H3/t14-/m1/s1. The van der Waals surface area contributed by atoms with E-state index in [1.807, 2.05) is 62.9 Å². The highest BCUT2D eigenvalue weighted by Crippen LogP contribution is 2.22. The first-order valence-corrected chi connectivity index (χ1v) is 9.22. The number of hydrogen-bond acceptors (Lipinski definition) is 5. The Balaban J connectivity index is 1.60. The molecule has 27 heavy (non-hydrogen) atoms. The first kappa shape index (κ1) is 19.1. The summed E-state index contributed by atoms with van der Waals surface area (Å²) < 4.78 is 5.26. The summed E-state index contributed by atoms with van der Waals surface area (Å²) in [6, 6.07) is 9.45. The smallest absolute Gasteiger partial charge is 0.257 e. The van der Waals surface area contributed by atoms with Crippen LogP contribution in [0.2, 0.25) is 0 Å². The minimum atomic E-state index is -0.418. The number of rotatable bonds is 3. The van der Waals surface area contributed by atoms with Crippen molar-refractivity contribution in [2.75, 3.05) is 19.6 Å². The summed E-state index contributed by atoms with van der Waals surface area (Å²) >= 11 is 0. The highest BCUT2D eigenvalue weighted by Gasteiger charge is 2.35. The van der Waals surface area contributed by atoms with Gasteiger partial charge in [-0.25, -0.2) is 0 Å². The quantitative estimate of drug-likeness (QED) is 0.829. The molecule has 144 valence electrons. The maximum atomic E-state index is 12.6. The molecule has 0 bridgehead atoms. The molecular formula is C20H26N4O3. The zero-order chi connectivity index (χ0) is 19.6. The van der Waals surface area contributed by atoms with Gasteiger partial charge in [-0.15, -0.1) is 0 Å². The van der Waals surface area contributed by atoms with Crippen molar-refractivity contribution >= 4 is 11.8 Å². The molecule has 7 heteroatoms. The minimum absolute atomic E-state index is 0.0143. The lowest BCUT2D eigenvalue weighted by Crippen LogP contribution is -2.57. The Hall–Kier alpha value is -2.70. The van der Waals surface area contributed by atoms with Crippen LogP contribution in [0.3, 0.4) is 0 Å². The van der Waals surface area contributed by atoms with Crippen molar-refractivity contribution in [2.45, 2.75) is 40.2 Å². The minimum Gasteiger partial charge on any atom is -0.338 e. The van der Waals surface area contributed by atoms with Crippen molar-refractivity contribution in [2.24, 2.45) is 5.41 Å². The van der Waals surface area contributed by atoms with Crippen LogP contribution in [0.4, 0.5) is 0 Å². The van der Waals surface area contributed by atoms with Crippen molar-refractivity contribution in [3.8, 4) is 11.5 Å². The van der Waals surface area contributed by atoms with Gasteiger partial charge in [-0.2, -0.15) is 4.98 Å². The number of aromatic nitrogens is 2. The fourth-order valence-electron chi connectivity index (χ4n) is 3.19. The number of piperazine rings is 1. The van der Waals surface area contributed by atoms with Crippen molar-refractivity contribution in [1.82, 2.24) is 19.9 Å². The van der Waals surface area contributed by atoms with Crippen LogP contribution >= 0.6 is 0 Å². The van der Waals surface area contributed by atoms with E-state index in [4.69, 9.17) is 4.52 Å². The molecule has 0 spiro atoms. The molecule has 1 aliphatic rings. The van der Waals surface area contributed by atoms with Crippen LogP contribution in [0.5, 0.6) is 0 Å². The van der Waals surface area contributed by atoms with Crippen molar-refractivity contribution in [1.29, 1.82) is 0 Å². The van der Waals surface area contributed by atoms with Gasteiger partial charge in [-0.3, -0.25) is 9.59 Å². The van der Waals surface area contributed by atoms with Crippen LogP contribution in [0.25, 0.3) is 11.5 Å². The molecule has 0 radical (unpaired) electrons. The zero-order valence-electron chi connectivity index (χ0n) is 16.3. The fourth-order valence-corrected chi connectivity index (χ4v) is 3.19. The molecule has 1 aromatic heterocycles. The second-order valence-electron chi connectivity index (χ2n) is 8.00. The van der Waals surface area contributed by atoms with Gasteiger partial charge in [0.25, 0.3) is 5.89 Å². The SMILES string of the molecule is C[C@@H]1CN(C(=O)Cc2noc(-c3ccccc3)n2)CCN1C(=O)C(C)(C)C. The lowest BCUT2D eigenvalue weighted by molar-refractivity contribution is -0.148. The molecular weight excluding hydrogens is 344 g/mol. The van der Waals surface area contributed by atoms with Gasteiger partial charge in [-0.05, 0) is 19.1 Å². The Bertz CT molecular complexity index is 810. The van der Waals surface area contributed by atoms with Gasteiger partial charge in [-0.1, -0.05) is 44.1 Å². The van der Waals surface area contributed by atoms with Gasteiger partial charge < -0.3 is 14.3 Å². The van der Waals surface area contributed by atoms with E-state index in [2.05, 4.69) is 10.1 Å². The predicted molar refractivity (Wildman–Crippen MR) is 101 cm³/mol. The van der Waals surface area contributed by atoms with Crippen LogP contribution in [0.1, 0.15) is 33.5 Å². The van der Waals surface area contributed by atoms with Gasteiger partial charge in [0.15, 0.2) is 5.82 Å². The first-order chi connectivity index (χ1) is 12.8. The summed E-state index contributed by atoms with van der Waals surface area (Å²) in [4.78, 5) is 33.1. The van der Waals surface area contributed by atoms with Crippen LogP contribution < -0.4 is 0 Å². The lowest BCUT2D eigenvalue weighted by Gasteiger charge is -2.42. The molecule has 0 aliphatic carbocycles. The van der Waals surface area contributed by atoms with E-state index in [-0.39, 0.29) is 24.3 Å². The summed E-state index contributed by atoms with van der Waals surface area (Å²) in [7, 11) is 0. The van der Waals surface area contributed by atoms with Gasteiger partial charge in [0.1, 0.15) is 0 Å². The Morgan fingerprint density at radius 2 is 1.89 bits per heavy atom. The second kappa shape index (κ2) is 7.50. The third-order valence-electron chi connectivity index (χ3n) is 4.68. The highest BCUT2D eigenvalue weighted by atomic mass is 16.5. The third kappa shape index (κ3) is 4.35. The number of carbonyl (C=O) groups excluding carboxylic acids is 2. The van der Waals surface area contributed by atoms with Crippen LogP contribution in [-0.2, 0) is 16.0 Å². The van der Waals surface area contributed by atoms with Gasteiger partial charge >= 0.3 is 0 Å². The summed E-state index contributed by atoms with van der Waals surface area (Å²) in [5.41, 5.74) is 0.408. The van der Waals surface area contributed by atoms with Crippen molar-refractivity contribution < 1.29 is 14.1 Å². The van der Waals surface area contributed by atoms with E-state index in [0.717, 1.165) is 5.56 Å². The molecule has 0 unspecified atom stereocenters. The number of nitrogens with zero attached hydrogens (tertiary/aromatic N) is 4. The number of hydrogen-bond donors (Lipinski definition) is 0. The normalized spacial score (nSPS) is 17.9. The molecule has 0 N–H and O–H groups in total. The van der Waals surface area contributed by atoms with Gasteiger partial charge in [0.2, 0.25) is 11.8 Å². The van der Waals surface area contributed by atoms with Crippen molar-refractivity contribution in [3.05, 3.63) is 36.2 Å².